The van der Waals surface area contributed by atoms with Crippen LogP contribution in [0.3, 0.4) is 0 Å². The van der Waals surface area contributed by atoms with E-state index < -0.39 is 5.60 Å². The summed E-state index contributed by atoms with van der Waals surface area (Å²) in [5.41, 5.74) is 3.01. The lowest BCUT2D eigenvalue weighted by molar-refractivity contribution is 0.0528. The average Bonchev–Trinajstić information content (AvgIpc) is 2.63. The molecule has 0 atom stereocenters. The first-order chi connectivity index (χ1) is 9.76. The first-order valence-corrected chi connectivity index (χ1v) is 7.79. The Hall–Kier alpha value is -1.49. The van der Waals surface area contributed by atoms with Crippen molar-refractivity contribution in [2.24, 2.45) is 0 Å². The van der Waals surface area contributed by atoms with Gasteiger partial charge in [0.1, 0.15) is 5.60 Å². The number of H-pyrrole nitrogens is 1. The number of carbonyl (C=O) groups excluding carboxylic acids is 1. The largest absolute Gasteiger partial charge is 0.444 e. The van der Waals surface area contributed by atoms with Crippen LogP contribution in [0.25, 0.3) is 10.9 Å². The van der Waals surface area contributed by atoms with Crippen LogP contribution in [0.1, 0.15) is 32.0 Å². The van der Waals surface area contributed by atoms with Gasteiger partial charge in [-0.25, -0.2) is 4.79 Å². The van der Waals surface area contributed by atoms with E-state index in [1.807, 2.05) is 26.8 Å². The Bertz CT molecular complexity index is 656. The molecule has 0 bridgehead atoms. The van der Waals surface area contributed by atoms with Gasteiger partial charge in [-0.1, -0.05) is 15.9 Å². The summed E-state index contributed by atoms with van der Waals surface area (Å²) in [5, 5.41) is 3.99. The summed E-state index contributed by atoms with van der Waals surface area (Å²) in [5.74, 6) is 0. The van der Waals surface area contributed by atoms with Crippen molar-refractivity contribution in [2.45, 2.75) is 39.7 Å². The van der Waals surface area contributed by atoms with Crippen molar-refractivity contribution in [1.29, 1.82) is 0 Å². The average molecular weight is 353 g/mol. The number of rotatable bonds is 3. The van der Waals surface area contributed by atoms with E-state index in [4.69, 9.17) is 4.74 Å². The van der Waals surface area contributed by atoms with E-state index in [9.17, 15) is 4.79 Å². The molecular weight excluding hydrogens is 332 g/mol. The molecule has 1 heterocycles. The van der Waals surface area contributed by atoms with Gasteiger partial charge in [-0.2, -0.15) is 0 Å². The summed E-state index contributed by atoms with van der Waals surface area (Å²) >= 11 is 3.50. The summed E-state index contributed by atoms with van der Waals surface area (Å²) in [4.78, 5) is 15.0. The molecule has 114 valence electrons. The Labute approximate surface area is 133 Å². The number of aryl methyl sites for hydroxylation is 1. The molecule has 0 spiro atoms. The van der Waals surface area contributed by atoms with Crippen molar-refractivity contribution in [3.05, 3.63) is 33.9 Å². The first kappa shape index (κ1) is 15.9. The maximum absolute atomic E-state index is 11.6. The molecule has 0 radical (unpaired) electrons. The van der Waals surface area contributed by atoms with Crippen LogP contribution < -0.4 is 5.32 Å². The minimum Gasteiger partial charge on any atom is -0.444 e. The quantitative estimate of drug-likeness (QED) is 0.864. The van der Waals surface area contributed by atoms with Crippen LogP contribution in [0, 0.1) is 6.92 Å². The number of hydrogen-bond acceptors (Lipinski definition) is 2. The number of ether oxygens (including phenoxy) is 1. The Balaban J connectivity index is 2.02. The molecule has 5 heteroatoms. The molecule has 0 aliphatic rings. The number of amides is 1. The minimum absolute atomic E-state index is 0.374. The van der Waals surface area contributed by atoms with Gasteiger partial charge < -0.3 is 15.0 Å². The van der Waals surface area contributed by atoms with Crippen molar-refractivity contribution in [3.8, 4) is 0 Å². The number of carbonyl (C=O) groups is 1. The monoisotopic (exact) mass is 352 g/mol. The second-order valence-corrected chi connectivity index (χ2v) is 7.01. The van der Waals surface area contributed by atoms with Crippen LogP contribution in [-0.4, -0.2) is 23.2 Å². The molecule has 0 saturated heterocycles. The molecule has 21 heavy (non-hydrogen) atoms. The summed E-state index contributed by atoms with van der Waals surface area (Å²) in [6, 6.07) is 6.17. The molecule has 2 rings (SSSR count). The highest BCUT2D eigenvalue weighted by atomic mass is 79.9. The molecule has 0 aliphatic heterocycles. The predicted octanol–water partition coefficient (Wildman–Crippen LogP) is 4.31. The zero-order valence-electron chi connectivity index (χ0n) is 12.8. The standard InChI is InChI=1S/C16H21BrN2O2/c1-10-12(7-8-18-15(20)21-16(2,3)4)13-9-11(17)5-6-14(13)19-10/h5-6,9,19H,7-8H2,1-4H3,(H,18,20). The molecule has 1 aromatic carbocycles. The van der Waals surface area contributed by atoms with E-state index in [0.29, 0.717) is 6.54 Å². The van der Waals surface area contributed by atoms with Gasteiger partial charge in [0.25, 0.3) is 0 Å². The van der Waals surface area contributed by atoms with Crippen molar-refractivity contribution < 1.29 is 9.53 Å². The normalized spacial score (nSPS) is 11.7. The number of halogens is 1. The van der Waals surface area contributed by atoms with E-state index in [1.54, 1.807) is 0 Å². The first-order valence-electron chi connectivity index (χ1n) is 7.00. The van der Waals surface area contributed by atoms with Gasteiger partial charge in [0, 0.05) is 27.6 Å². The smallest absolute Gasteiger partial charge is 0.407 e. The van der Waals surface area contributed by atoms with E-state index >= 15 is 0 Å². The van der Waals surface area contributed by atoms with Gasteiger partial charge in [0.2, 0.25) is 0 Å². The number of aromatic nitrogens is 1. The van der Waals surface area contributed by atoms with Crippen LogP contribution in [0.5, 0.6) is 0 Å². The maximum Gasteiger partial charge on any atom is 0.407 e. The highest BCUT2D eigenvalue weighted by molar-refractivity contribution is 9.10. The second kappa shape index (κ2) is 6.10. The van der Waals surface area contributed by atoms with E-state index in [1.165, 1.54) is 10.9 Å². The fraction of sp³-hybridized carbons (Fsp3) is 0.438. The molecule has 0 unspecified atom stereocenters. The number of nitrogens with one attached hydrogen (secondary N) is 2. The minimum atomic E-state index is -0.467. The maximum atomic E-state index is 11.6. The van der Waals surface area contributed by atoms with Crippen LogP contribution in [0.15, 0.2) is 22.7 Å². The summed E-state index contributed by atoms with van der Waals surface area (Å²) < 4.78 is 6.28. The summed E-state index contributed by atoms with van der Waals surface area (Å²) in [7, 11) is 0. The summed E-state index contributed by atoms with van der Waals surface area (Å²) in [6.07, 6.45) is 0.391. The van der Waals surface area contributed by atoms with Gasteiger partial charge in [-0.05, 0) is 57.9 Å². The van der Waals surface area contributed by atoms with Crippen LogP contribution in [0.4, 0.5) is 4.79 Å². The number of benzene rings is 1. The number of fused-ring (bicyclic) bond motifs is 1. The molecular formula is C16H21BrN2O2. The second-order valence-electron chi connectivity index (χ2n) is 6.10. The Morgan fingerprint density at radius 1 is 1.38 bits per heavy atom. The lowest BCUT2D eigenvalue weighted by atomic mass is 10.1. The van der Waals surface area contributed by atoms with E-state index in [-0.39, 0.29) is 6.09 Å². The molecule has 0 fully saturated rings. The number of hydrogen-bond donors (Lipinski definition) is 2. The Morgan fingerprint density at radius 2 is 2.10 bits per heavy atom. The number of alkyl carbamates (subject to hydrolysis) is 1. The molecule has 2 N–H and O–H groups in total. The van der Waals surface area contributed by atoms with Crippen molar-refractivity contribution in [3.63, 3.8) is 0 Å². The van der Waals surface area contributed by atoms with Crippen molar-refractivity contribution >= 4 is 32.9 Å². The third-order valence-electron chi connectivity index (χ3n) is 3.12. The molecule has 0 saturated carbocycles. The lowest BCUT2D eigenvalue weighted by Crippen LogP contribution is -2.33. The fourth-order valence-electron chi connectivity index (χ4n) is 2.28. The highest BCUT2D eigenvalue weighted by Crippen LogP contribution is 2.25. The molecule has 4 nitrogen and oxygen atoms in total. The SMILES string of the molecule is Cc1[nH]c2ccc(Br)cc2c1CCNC(=O)OC(C)(C)C. The van der Waals surface area contributed by atoms with Gasteiger partial charge in [0.15, 0.2) is 0 Å². The lowest BCUT2D eigenvalue weighted by Gasteiger charge is -2.19. The Morgan fingerprint density at radius 3 is 2.76 bits per heavy atom. The number of aromatic amines is 1. The topological polar surface area (TPSA) is 54.1 Å². The highest BCUT2D eigenvalue weighted by Gasteiger charge is 2.16. The predicted molar refractivity (Wildman–Crippen MR) is 88.7 cm³/mol. The summed E-state index contributed by atoms with van der Waals surface area (Å²) in [6.45, 7) is 8.17. The van der Waals surface area contributed by atoms with Crippen molar-refractivity contribution in [2.75, 3.05) is 6.54 Å². The van der Waals surface area contributed by atoms with Crippen LogP contribution >= 0.6 is 15.9 Å². The molecule has 0 aliphatic carbocycles. The van der Waals surface area contributed by atoms with Gasteiger partial charge in [-0.3, -0.25) is 0 Å². The van der Waals surface area contributed by atoms with Gasteiger partial charge in [-0.15, -0.1) is 0 Å². The van der Waals surface area contributed by atoms with Crippen LogP contribution in [-0.2, 0) is 11.2 Å². The zero-order chi connectivity index (χ0) is 15.6. The molecule has 1 aromatic heterocycles. The fourth-order valence-corrected chi connectivity index (χ4v) is 2.64. The van der Waals surface area contributed by atoms with E-state index in [0.717, 1.165) is 22.1 Å². The Kier molecular flexibility index (Phi) is 4.61. The third-order valence-corrected chi connectivity index (χ3v) is 3.62. The zero-order valence-corrected chi connectivity index (χ0v) is 14.4. The van der Waals surface area contributed by atoms with E-state index in [2.05, 4.69) is 45.3 Å². The molecule has 2 aromatic rings. The third kappa shape index (κ3) is 4.24. The van der Waals surface area contributed by atoms with Gasteiger partial charge in [0.05, 0.1) is 0 Å². The van der Waals surface area contributed by atoms with Crippen molar-refractivity contribution in [1.82, 2.24) is 10.3 Å². The molecule has 1 amide bonds. The van der Waals surface area contributed by atoms with Crippen LogP contribution in [0.2, 0.25) is 0 Å². The van der Waals surface area contributed by atoms with Gasteiger partial charge >= 0.3 is 6.09 Å².